The predicted octanol–water partition coefficient (Wildman–Crippen LogP) is 2.51. The Balaban J connectivity index is 1.62. The summed E-state index contributed by atoms with van der Waals surface area (Å²) >= 11 is 0. The molecule has 2 aromatic heterocycles. The lowest BCUT2D eigenvalue weighted by Crippen LogP contribution is -2.16. The Hall–Kier alpha value is -1.81. The van der Waals surface area contributed by atoms with E-state index in [2.05, 4.69) is 10.3 Å². The van der Waals surface area contributed by atoms with Crippen LogP contribution in [-0.4, -0.2) is 11.0 Å². The molecule has 0 saturated heterocycles. The zero-order chi connectivity index (χ0) is 12.2. The van der Waals surface area contributed by atoms with E-state index in [9.17, 15) is 0 Å². The van der Waals surface area contributed by atoms with E-state index in [1.165, 1.54) is 12.8 Å². The summed E-state index contributed by atoms with van der Waals surface area (Å²) < 4.78 is 10.9. The van der Waals surface area contributed by atoms with Gasteiger partial charge < -0.3 is 14.5 Å². The molecule has 0 aliphatic heterocycles. The molecule has 2 heterocycles. The summed E-state index contributed by atoms with van der Waals surface area (Å²) in [5.74, 6) is 1.49. The molecule has 0 aromatic carbocycles. The van der Waals surface area contributed by atoms with Gasteiger partial charge in [-0.3, -0.25) is 0 Å². The molecule has 1 N–H and O–H groups in total. The fourth-order valence-electron chi connectivity index (χ4n) is 1.76. The molecular weight excluding hydrogens is 228 g/mol. The van der Waals surface area contributed by atoms with Gasteiger partial charge in [-0.05, 0) is 31.0 Å². The van der Waals surface area contributed by atoms with Gasteiger partial charge in [0, 0.05) is 24.3 Å². The number of pyridine rings is 1. The van der Waals surface area contributed by atoms with Gasteiger partial charge in [-0.15, -0.1) is 0 Å². The Morgan fingerprint density at radius 2 is 2.28 bits per heavy atom. The van der Waals surface area contributed by atoms with Gasteiger partial charge in [-0.25, -0.2) is 4.98 Å². The zero-order valence-corrected chi connectivity index (χ0v) is 10.1. The molecule has 0 unspecified atom stereocenters. The second-order valence-electron chi connectivity index (χ2n) is 4.49. The third-order valence-corrected chi connectivity index (χ3v) is 2.94. The van der Waals surface area contributed by atoms with Gasteiger partial charge in [-0.1, -0.05) is 6.07 Å². The van der Waals surface area contributed by atoms with Crippen molar-refractivity contribution in [1.82, 2.24) is 10.3 Å². The van der Waals surface area contributed by atoms with Crippen LogP contribution in [0.15, 0.2) is 41.1 Å². The van der Waals surface area contributed by atoms with Crippen LogP contribution in [0.5, 0.6) is 5.88 Å². The SMILES string of the molecule is c1coc(COc2ncccc2CNC2CC2)c1. The molecule has 2 aromatic rings. The van der Waals surface area contributed by atoms with Crippen LogP contribution >= 0.6 is 0 Å². The van der Waals surface area contributed by atoms with Crippen molar-refractivity contribution in [3.63, 3.8) is 0 Å². The first-order valence-electron chi connectivity index (χ1n) is 6.24. The van der Waals surface area contributed by atoms with Gasteiger partial charge in [-0.2, -0.15) is 0 Å². The lowest BCUT2D eigenvalue weighted by molar-refractivity contribution is 0.257. The van der Waals surface area contributed by atoms with Crippen LogP contribution in [0.2, 0.25) is 0 Å². The molecule has 4 nitrogen and oxygen atoms in total. The maximum absolute atomic E-state index is 5.69. The van der Waals surface area contributed by atoms with Gasteiger partial charge in [0.25, 0.3) is 0 Å². The molecule has 0 atom stereocenters. The average molecular weight is 244 g/mol. The van der Waals surface area contributed by atoms with E-state index in [1.54, 1.807) is 12.5 Å². The number of furan rings is 1. The molecule has 1 aliphatic carbocycles. The molecule has 1 saturated carbocycles. The molecule has 3 rings (SSSR count). The molecule has 0 spiro atoms. The molecule has 4 heteroatoms. The minimum absolute atomic E-state index is 0.417. The van der Waals surface area contributed by atoms with Crippen molar-refractivity contribution in [2.24, 2.45) is 0 Å². The van der Waals surface area contributed by atoms with E-state index in [-0.39, 0.29) is 0 Å². The second-order valence-corrected chi connectivity index (χ2v) is 4.49. The van der Waals surface area contributed by atoms with E-state index < -0.39 is 0 Å². The number of hydrogen-bond donors (Lipinski definition) is 1. The summed E-state index contributed by atoms with van der Waals surface area (Å²) in [5.41, 5.74) is 1.09. The third-order valence-electron chi connectivity index (χ3n) is 2.94. The standard InChI is InChI=1S/C14H16N2O2/c1-3-11(9-16-12-5-6-12)14(15-7-1)18-10-13-4-2-8-17-13/h1-4,7-8,12,16H,5-6,9-10H2. The molecule has 18 heavy (non-hydrogen) atoms. The highest BCUT2D eigenvalue weighted by Gasteiger charge is 2.20. The summed E-state index contributed by atoms with van der Waals surface area (Å²) in [4.78, 5) is 4.27. The van der Waals surface area contributed by atoms with E-state index >= 15 is 0 Å². The van der Waals surface area contributed by atoms with Crippen LogP contribution in [-0.2, 0) is 13.2 Å². The van der Waals surface area contributed by atoms with Crippen LogP contribution in [0, 0.1) is 0 Å². The van der Waals surface area contributed by atoms with Gasteiger partial charge >= 0.3 is 0 Å². The Kier molecular flexibility index (Phi) is 3.28. The van der Waals surface area contributed by atoms with Crippen LogP contribution in [0.25, 0.3) is 0 Å². The van der Waals surface area contributed by atoms with Gasteiger partial charge in [0.2, 0.25) is 5.88 Å². The highest BCUT2D eigenvalue weighted by atomic mass is 16.5. The van der Waals surface area contributed by atoms with Crippen molar-refractivity contribution < 1.29 is 9.15 Å². The van der Waals surface area contributed by atoms with Gasteiger partial charge in [0.05, 0.1) is 6.26 Å². The fraction of sp³-hybridized carbons (Fsp3) is 0.357. The first kappa shape index (κ1) is 11.3. The summed E-state index contributed by atoms with van der Waals surface area (Å²) in [7, 11) is 0. The first-order chi connectivity index (χ1) is 8.92. The highest BCUT2D eigenvalue weighted by molar-refractivity contribution is 5.25. The summed E-state index contributed by atoms with van der Waals surface area (Å²) in [5, 5.41) is 3.46. The van der Waals surface area contributed by atoms with Crippen molar-refractivity contribution in [2.45, 2.75) is 32.0 Å². The van der Waals surface area contributed by atoms with Crippen LogP contribution in [0.1, 0.15) is 24.2 Å². The monoisotopic (exact) mass is 244 g/mol. The van der Waals surface area contributed by atoms with Crippen molar-refractivity contribution >= 4 is 0 Å². The van der Waals surface area contributed by atoms with Crippen molar-refractivity contribution in [3.8, 4) is 5.88 Å². The third kappa shape index (κ3) is 2.90. The molecule has 0 amide bonds. The minimum atomic E-state index is 0.417. The smallest absolute Gasteiger partial charge is 0.218 e. The van der Waals surface area contributed by atoms with Gasteiger partial charge in [0.15, 0.2) is 0 Å². The number of hydrogen-bond acceptors (Lipinski definition) is 4. The van der Waals surface area contributed by atoms with E-state index in [4.69, 9.17) is 9.15 Å². The van der Waals surface area contributed by atoms with Crippen LogP contribution in [0.3, 0.4) is 0 Å². The molecular formula is C14H16N2O2. The van der Waals surface area contributed by atoms with Crippen LogP contribution < -0.4 is 10.1 Å². The predicted molar refractivity (Wildman–Crippen MR) is 67.1 cm³/mol. The first-order valence-corrected chi connectivity index (χ1v) is 6.24. The molecule has 1 fully saturated rings. The fourth-order valence-corrected chi connectivity index (χ4v) is 1.76. The topological polar surface area (TPSA) is 47.3 Å². The second kappa shape index (κ2) is 5.23. The van der Waals surface area contributed by atoms with Crippen LogP contribution in [0.4, 0.5) is 0 Å². The maximum Gasteiger partial charge on any atom is 0.218 e. The molecule has 0 bridgehead atoms. The molecule has 1 aliphatic rings. The lowest BCUT2D eigenvalue weighted by atomic mass is 10.2. The van der Waals surface area contributed by atoms with Crippen molar-refractivity contribution in [1.29, 1.82) is 0 Å². The number of nitrogens with zero attached hydrogens (tertiary/aromatic N) is 1. The summed E-state index contributed by atoms with van der Waals surface area (Å²) in [6.45, 7) is 1.23. The van der Waals surface area contributed by atoms with E-state index in [1.807, 2.05) is 24.3 Å². The Morgan fingerprint density at radius 3 is 3.06 bits per heavy atom. The number of rotatable bonds is 6. The van der Waals surface area contributed by atoms with Crippen molar-refractivity contribution in [2.75, 3.05) is 0 Å². The maximum atomic E-state index is 5.69. The summed E-state index contributed by atoms with van der Waals surface area (Å²) in [6.07, 6.45) is 5.95. The number of ether oxygens (including phenoxy) is 1. The number of aromatic nitrogens is 1. The minimum Gasteiger partial charge on any atom is -0.469 e. The Morgan fingerprint density at radius 1 is 1.33 bits per heavy atom. The summed E-state index contributed by atoms with van der Waals surface area (Å²) in [6, 6.07) is 8.41. The largest absolute Gasteiger partial charge is 0.469 e. The van der Waals surface area contributed by atoms with Crippen molar-refractivity contribution in [3.05, 3.63) is 48.0 Å². The normalized spacial score (nSPS) is 14.7. The highest BCUT2D eigenvalue weighted by Crippen LogP contribution is 2.21. The molecule has 0 radical (unpaired) electrons. The lowest BCUT2D eigenvalue weighted by Gasteiger charge is -2.09. The average Bonchev–Trinajstić information content (AvgIpc) is 3.09. The quantitative estimate of drug-likeness (QED) is 0.848. The number of nitrogens with one attached hydrogen (secondary N) is 1. The zero-order valence-electron chi connectivity index (χ0n) is 10.1. The molecule has 94 valence electrons. The van der Waals surface area contributed by atoms with E-state index in [0.717, 1.165) is 17.9 Å². The van der Waals surface area contributed by atoms with E-state index in [0.29, 0.717) is 18.5 Å². The van der Waals surface area contributed by atoms with Gasteiger partial charge in [0.1, 0.15) is 12.4 Å². The Bertz CT molecular complexity index is 492. The Labute approximate surface area is 106 Å².